The number of carbonyl (C=O) groups is 6. The number of phenolic OH excluding ortho intramolecular Hbond substituents is 1. The van der Waals surface area contributed by atoms with E-state index in [0.29, 0.717) is 18.3 Å². The molecule has 16 nitrogen and oxygen atoms in total. The minimum atomic E-state index is -1.62. The van der Waals surface area contributed by atoms with E-state index in [1.807, 2.05) is 45.2 Å². The first-order valence-electron chi connectivity index (χ1n) is 16.3. The Morgan fingerprint density at radius 1 is 0.712 bits per heavy atom. The Hall–Kier alpha value is -3.60. The number of phenols is 1. The highest BCUT2D eigenvalue weighted by atomic mass is 127. The molecule has 0 aliphatic rings. The second kappa shape index (κ2) is 21.2. The predicted molar refractivity (Wildman–Crippen MR) is 207 cm³/mol. The lowest BCUT2D eigenvalue weighted by molar-refractivity contribution is -0.145. The van der Waals surface area contributed by atoms with Gasteiger partial charge in [-0.2, -0.15) is 0 Å². The summed E-state index contributed by atoms with van der Waals surface area (Å²) in [6, 6.07) is 5.29. The molecule has 0 saturated heterocycles. The van der Waals surface area contributed by atoms with Crippen molar-refractivity contribution in [3.05, 3.63) is 60.7 Å². The Morgan fingerprint density at radius 3 is 1.77 bits per heavy atom. The summed E-state index contributed by atoms with van der Waals surface area (Å²) in [5, 5.41) is 51.6. The monoisotopic (exact) mass is 952 g/mol. The van der Waals surface area contributed by atoms with E-state index in [1.54, 1.807) is 56.3 Å². The molecule has 0 saturated carbocycles. The molecule has 0 heterocycles. The largest absolute Gasteiger partial charge is 0.506 e. The Balaban J connectivity index is 2.14. The number of aliphatic hydroxyl groups excluding tert-OH is 2. The molecule has 0 unspecified atom stereocenters. The van der Waals surface area contributed by atoms with Gasteiger partial charge in [0.05, 0.1) is 31.9 Å². The number of aromatic hydroxyl groups is 1. The first kappa shape index (κ1) is 44.6. The van der Waals surface area contributed by atoms with Crippen molar-refractivity contribution in [2.75, 3.05) is 6.54 Å². The van der Waals surface area contributed by atoms with E-state index in [0.717, 1.165) is 0 Å². The number of carboxylic acid groups (broad SMARTS) is 1. The molecule has 11 N–H and O–H groups in total. The molecule has 2 aromatic carbocycles. The first-order valence-corrected chi connectivity index (χ1v) is 18.5. The van der Waals surface area contributed by atoms with Gasteiger partial charge in [-0.1, -0.05) is 44.2 Å². The van der Waals surface area contributed by atoms with Gasteiger partial charge in [0.15, 0.2) is 6.04 Å². The molecule has 0 aliphatic carbocycles. The van der Waals surface area contributed by atoms with Crippen molar-refractivity contribution in [2.45, 2.75) is 89.4 Å². The molecule has 0 aliphatic heterocycles. The Labute approximate surface area is 328 Å². The molecule has 0 bridgehead atoms. The number of rotatable bonds is 19. The van der Waals surface area contributed by atoms with Crippen molar-refractivity contribution in [1.29, 1.82) is 0 Å². The number of benzene rings is 2. The minimum Gasteiger partial charge on any atom is -0.506 e. The first-order chi connectivity index (χ1) is 24.3. The van der Waals surface area contributed by atoms with Crippen molar-refractivity contribution in [3.8, 4) is 5.75 Å². The molecule has 0 spiro atoms. The molecule has 18 heteroatoms. The third-order valence-corrected chi connectivity index (χ3v) is 9.32. The van der Waals surface area contributed by atoms with E-state index in [-0.39, 0.29) is 30.9 Å². The smallest absolute Gasteiger partial charge is 0.328 e. The summed E-state index contributed by atoms with van der Waals surface area (Å²) in [5.74, 6) is -5.55. The highest BCUT2D eigenvalue weighted by molar-refractivity contribution is 14.1. The van der Waals surface area contributed by atoms with Gasteiger partial charge in [-0.25, -0.2) is 4.79 Å². The molecule has 2 rings (SSSR count). The molecular formula is C34H46I2N6O10. The maximum Gasteiger partial charge on any atom is 0.328 e. The molecule has 2 aromatic rings. The summed E-state index contributed by atoms with van der Waals surface area (Å²) in [6.45, 7) is 5.39. The summed E-state index contributed by atoms with van der Waals surface area (Å²) in [4.78, 5) is 77.2. The average molecular weight is 953 g/mol. The SMILES string of the molecule is CC(C)C[C@H](NC(=O)[C@H](Cc1ccccc1)NC(=O)CNC(=O)[C@H](NC(=O)[C@H](N)Cc1cc(I)c(O)c(I)c1)[C@H](C)O)C(=O)N[C@@H](C(=O)O)[C@@H](C)O. The number of halogens is 2. The van der Waals surface area contributed by atoms with Gasteiger partial charge in [0.1, 0.15) is 23.9 Å². The summed E-state index contributed by atoms with van der Waals surface area (Å²) >= 11 is 3.89. The summed E-state index contributed by atoms with van der Waals surface area (Å²) < 4.78 is 1.13. The average Bonchev–Trinajstić information content (AvgIpc) is 3.06. The maximum absolute atomic E-state index is 13.6. The fourth-order valence-corrected chi connectivity index (χ4v) is 6.84. The Kier molecular flexibility index (Phi) is 18.2. The van der Waals surface area contributed by atoms with Gasteiger partial charge in [-0.3, -0.25) is 24.0 Å². The lowest BCUT2D eigenvalue weighted by Crippen LogP contribution is -2.59. The number of aliphatic hydroxyl groups is 2. The lowest BCUT2D eigenvalue weighted by Gasteiger charge is -2.26. The molecule has 286 valence electrons. The van der Waals surface area contributed by atoms with Gasteiger partial charge in [0.25, 0.3) is 0 Å². The van der Waals surface area contributed by atoms with Crippen LogP contribution in [0.25, 0.3) is 0 Å². The van der Waals surface area contributed by atoms with Crippen LogP contribution in [-0.2, 0) is 41.6 Å². The van der Waals surface area contributed by atoms with Crippen LogP contribution in [0.5, 0.6) is 5.75 Å². The predicted octanol–water partition coefficient (Wildman–Crippen LogP) is -0.338. The van der Waals surface area contributed by atoms with Gasteiger partial charge in [-0.05, 0) is 101 Å². The zero-order valence-corrected chi connectivity index (χ0v) is 33.4. The minimum absolute atomic E-state index is 0.0167. The van der Waals surface area contributed by atoms with Gasteiger partial charge < -0.3 is 52.7 Å². The second-order valence-electron chi connectivity index (χ2n) is 12.7. The van der Waals surface area contributed by atoms with Gasteiger partial charge in [-0.15, -0.1) is 0 Å². The van der Waals surface area contributed by atoms with Crippen LogP contribution in [0.2, 0.25) is 0 Å². The quantitative estimate of drug-likeness (QED) is 0.0815. The number of hydrogen-bond acceptors (Lipinski definition) is 10. The van der Waals surface area contributed by atoms with Crippen molar-refractivity contribution < 1.29 is 49.2 Å². The molecule has 0 radical (unpaired) electrons. The maximum atomic E-state index is 13.6. The van der Waals surface area contributed by atoms with Gasteiger partial charge >= 0.3 is 5.97 Å². The number of nitrogens with one attached hydrogen (secondary N) is 5. The van der Waals surface area contributed by atoms with Gasteiger partial charge in [0.2, 0.25) is 29.5 Å². The fourth-order valence-electron chi connectivity index (χ4n) is 4.95. The molecule has 52 heavy (non-hydrogen) atoms. The van der Waals surface area contributed by atoms with E-state index in [1.165, 1.54) is 13.8 Å². The van der Waals surface area contributed by atoms with Crippen molar-refractivity contribution in [2.24, 2.45) is 11.7 Å². The number of amides is 5. The number of carbonyl (C=O) groups excluding carboxylic acids is 5. The van der Waals surface area contributed by atoms with Crippen molar-refractivity contribution in [1.82, 2.24) is 26.6 Å². The summed E-state index contributed by atoms with van der Waals surface area (Å²) in [5.41, 5.74) is 7.40. The van der Waals surface area contributed by atoms with Crippen LogP contribution in [0.4, 0.5) is 0 Å². The number of carboxylic acids is 1. The van der Waals surface area contributed by atoms with Crippen LogP contribution in [0.1, 0.15) is 45.2 Å². The van der Waals surface area contributed by atoms with E-state index < -0.39 is 84.5 Å². The molecule has 0 aromatic heterocycles. The van der Waals surface area contributed by atoms with Gasteiger partial charge in [0, 0.05) is 6.42 Å². The highest BCUT2D eigenvalue weighted by Crippen LogP contribution is 2.27. The molecule has 0 fully saturated rings. The molecular weight excluding hydrogens is 906 g/mol. The third-order valence-electron chi connectivity index (χ3n) is 7.68. The topological polar surface area (TPSA) is 270 Å². The Bertz CT molecular complexity index is 1550. The van der Waals surface area contributed by atoms with Crippen molar-refractivity contribution >= 4 is 80.7 Å². The highest BCUT2D eigenvalue weighted by Gasteiger charge is 2.33. The van der Waals surface area contributed by atoms with Crippen LogP contribution >= 0.6 is 45.2 Å². The Morgan fingerprint density at radius 2 is 1.25 bits per heavy atom. The number of hydrogen-bond donors (Lipinski definition) is 10. The lowest BCUT2D eigenvalue weighted by atomic mass is 10.0. The number of aliphatic carboxylic acids is 1. The van der Waals surface area contributed by atoms with Crippen LogP contribution < -0.4 is 32.3 Å². The van der Waals surface area contributed by atoms with E-state index in [2.05, 4.69) is 26.6 Å². The van der Waals surface area contributed by atoms with E-state index >= 15 is 0 Å². The second-order valence-corrected chi connectivity index (χ2v) is 15.1. The van der Waals surface area contributed by atoms with Crippen LogP contribution in [0, 0.1) is 13.1 Å². The zero-order chi connectivity index (χ0) is 39.3. The van der Waals surface area contributed by atoms with Crippen LogP contribution in [-0.4, -0.2) is 105 Å². The zero-order valence-electron chi connectivity index (χ0n) is 29.1. The fraction of sp³-hybridized carbons (Fsp3) is 0.471. The number of nitrogens with two attached hydrogens (primary N) is 1. The van der Waals surface area contributed by atoms with Crippen molar-refractivity contribution in [3.63, 3.8) is 0 Å². The molecule has 5 amide bonds. The van der Waals surface area contributed by atoms with Crippen LogP contribution in [0.15, 0.2) is 42.5 Å². The van der Waals surface area contributed by atoms with E-state index in [9.17, 15) is 49.2 Å². The summed E-state index contributed by atoms with van der Waals surface area (Å²) in [6.07, 6.45) is -2.65. The standard InChI is InChI=1S/C34H46I2N6O10/c1-16(2)10-24(32(49)42-28(18(4)44)34(51)52)40-31(48)25(14-19-8-6-5-7-9-19)39-26(45)15-38-33(50)27(17(3)43)41-30(47)23(37)13-20-11-21(35)29(46)22(36)12-20/h5-9,11-12,16-18,23-25,27-28,43-44,46H,10,13-15,37H2,1-4H3,(H,38,50)(H,39,45)(H,40,48)(H,41,47)(H,42,49)(H,51,52)/t17-,18+,23+,24-,25-,27+,28+/m0/s1. The normalized spacial score (nSPS) is 15.2. The van der Waals surface area contributed by atoms with E-state index in [4.69, 9.17) is 5.73 Å². The molecule has 7 atom stereocenters. The summed E-state index contributed by atoms with van der Waals surface area (Å²) in [7, 11) is 0. The van der Waals surface area contributed by atoms with Crippen LogP contribution in [0.3, 0.4) is 0 Å². The third kappa shape index (κ3) is 14.4.